The third-order valence-corrected chi connectivity index (χ3v) is 10.1. The summed E-state index contributed by atoms with van der Waals surface area (Å²) in [6.45, 7) is 0. The summed E-state index contributed by atoms with van der Waals surface area (Å²) in [4.78, 5) is 7.27. The Morgan fingerprint density at radius 2 is 0.962 bits per heavy atom. The molecule has 0 saturated heterocycles. The maximum absolute atomic E-state index is 6.34. The van der Waals surface area contributed by atoms with E-state index >= 15 is 0 Å². The summed E-state index contributed by atoms with van der Waals surface area (Å²) in [6.07, 6.45) is 0. The molecule has 0 unspecified atom stereocenters. The summed E-state index contributed by atoms with van der Waals surface area (Å²) in [5.74, 6) is 0.566. The summed E-state index contributed by atoms with van der Waals surface area (Å²) < 4.78 is 18.6. The minimum atomic E-state index is 0.566. The van der Waals surface area contributed by atoms with Crippen molar-refractivity contribution in [2.45, 2.75) is 0 Å². The van der Waals surface area contributed by atoms with Gasteiger partial charge in [-0.15, -0.1) is 0 Å². The molecule has 0 aliphatic rings. The molecule has 0 spiro atoms. The Hall–Kier alpha value is -7.11. The molecule has 3 heterocycles. The van der Waals surface area contributed by atoms with Gasteiger partial charge in [0.15, 0.2) is 5.58 Å². The predicted octanol–water partition coefficient (Wildman–Crippen LogP) is 13.6. The van der Waals surface area contributed by atoms with Gasteiger partial charge in [0.2, 0.25) is 5.89 Å². The molecule has 5 heteroatoms. The highest BCUT2D eigenvalue weighted by Gasteiger charge is 2.19. The molecule has 3 aromatic heterocycles. The van der Waals surface area contributed by atoms with Crippen LogP contribution in [0.3, 0.4) is 0 Å². The first-order chi connectivity index (χ1) is 25.7. The Morgan fingerprint density at radius 3 is 1.77 bits per heavy atom. The van der Waals surface area contributed by atoms with E-state index in [4.69, 9.17) is 18.2 Å². The second-order valence-electron chi connectivity index (χ2n) is 13.1. The Labute approximate surface area is 297 Å². The summed E-state index contributed by atoms with van der Waals surface area (Å²) in [5, 5.41) is 6.64. The second kappa shape index (κ2) is 11.2. The molecular formula is C47H28N2O3. The standard InChI is InChI=1S/C47H28N2O3/c1-2-10-35-29(8-1)9-7-13-36(35)30-16-20-32(21-17-30)49(34-24-25-42-39(28-34)37-11-3-5-14-40(37)50-42)33-22-18-31(19-23-33)47-48-46-44(52-47)27-26-43-45(46)38-12-4-6-15-41(38)51-43/h1-28H. The molecule has 11 aromatic rings. The van der Waals surface area contributed by atoms with Gasteiger partial charge in [-0.05, 0) is 101 Å². The third kappa shape index (κ3) is 4.46. The molecule has 0 bridgehead atoms. The lowest BCUT2D eigenvalue weighted by Gasteiger charge is -2.26. The van der Waals surface area contributed by atoms with Gasteiger partial charge in [0.1, 0.15) is 27.8 Å². The fourth-order valence-electron chi connectivity index (χ4n) is 7.65. The fraction of sp³-hybridized carbons (Fsp3) is 0. The lowest BCUT2D eigenvalue weighted by atomic mass is 9.98. The molecule has 0 radical (unpaired) electrons. The molecule has 0 N–H and O–H groups in total. The van der Waals surface area contributed by atoms with Crippen molar-refractivity contribution in [3.63, 3.8) is 0 Å². The van der Waals surface area contributed by atoms with Crippen molar-refractivity contribution in [2.75, 3.05) is 4.90 Å². The van der Waals surface area contributed by atoms with Crippen molar-refractivity contribution in [3.8, 4) is 22.6 Å². The number of para-hydroxylation sites is 2. The van der Waals surface area contributed by atoms with E-state index in [2.05, 4.69) is 132 Å². The third-order valence-electron chi connectivity index (χ3n) is 10.1. The summed E-state index contributed by atoms with van der Waals surface area (Å²) in [6, 6.07) is 58.8. The Bertz CT molecular complexity index is 3130. The number of fused-ring (bicyclic) bond motifs is 9. The van der Waals surface area contributed by atoms with E-state index in [1.165, 1.54) is 21.9 Å². The second-order valence-corrected chi connectivity index (χ2v) is 13.1. The smallest absolute Gasteiger partial charge is 0.227 e. The zero-order valence-electron chi connectivity index (χ0n) is 27.8. The van der Waals surface area contributed by atoms with Crippen LogP contribution in [-0.4, -0.2) is 4.98 Å². The van der Waals surface area contributed by atoms with Crippen molar-refractivity contribution < 1.29 is 13.3 Å². The maximum Gasteiger partial charge on any atom is 0.227 e. The molecule has 0 aliphatic heterocycles. The average Bonchev–Trinajstić information content (AvgIpc) is 3.92. The van der Waals surface area contributed by atoms with Gasteiger partial charge in [-0.3, -0.25) is 0 Å². The first-order valence-electron chi connectivity index (χ1n) is 17.4. The normalized spacial score (nSPS) is 11.8. The van der Waals surface area contributed by atoms with E-state index < -0.39 is 0 Å². The molecule has 0 saturated carbocycles. The molecule has 5 nitrogen and oxygen atoms in total. The Kier molecular flexibility index (Phi) is 6.18. The molecule has 0 atom stereocenters. The van der Waals surface area contributed by atoms with Crippen LogP contribution >= 0.6 is 0 Å². The molecule has 244 valence electrons. The molecular weight excluding hydrogens is 641 g/mol. The molecule has 0 amide bonds. The van der Waals surface area contributed by atoms with Gasteiger partial charge in [-0.2, -0.15) is 0 Å². The van der Waals surface area contributed by atoms with Gasteiger partial charge in [0, 0.05) is 38.8 Å². The first kappa shape index (κ1) is 28.7. The van der Waals surface area contributed by atoms with Crippen molar-refractivity contribution >= 4 is 82.8 Å². The summed E-state index contributed by atoms with van der Waals surface area (Å²) in [7, 11) is 0. The van der Waals surface area contributed by atoms with Gasteiger partial charge in [0.05, 0.1) is 5.39 Å². The van der Waals surface area contributed by atoms with Crippen molar-refractivity contribution in [3.05, 3.63) is 170 Å². The van der Waals surface area contributed by atoms with Crippen LogP contribution in [0, 0.1) is 0 Å². The van der Waals surface area contributed by atoms with E-state index in [1.54, 1.807) is 0 Å². The maximum atomic E-state index is 6.34. The van der Waals surface area contributed by atoms with E-state index in [0.717, 1.165) is 77.6 Å². The number of benzene rings is 8. The lowest BCUT2D eigenvalue weighted by molar-refractivity contribution is 0.619. The van der Waals surface area contributed by atoms with Crippen LogP contribution in [0.5, 0.6) is 0 Å². The number of hydrogen-bond donors (Lipinski definition) is 0. The van der Waals surface area contributed by atoms with Crippen LogP contribution in [0.2, 0.25) is 0 Å². The Balaban J connectivity index is 1.03. The van der Waals surface area contributed by atoms with Crippen LogP contribution in [0.25, 0.3) is 88.3 Å². The van der Waals surface area contributed by atoms with Gasteiger partial charge < -0.3 is 18.2 Å². The first-order valence-corrected chi connectivity index (χ1v) is 17.4. The zero-order chi connectivity index (χ0) is 34.2. The average molecular weight is 669 g/mol. The summed E-state index contributed by atoms with van der Waals surface area (Å²) >= 11 is 0. The number of anilines is 3. The molecule has 11 rings (SSSR count). The van der Waals surface area contributed by atoms with E-state index in [-0.39, 0.29) is 0 Å². The number of hydrogen-bond acceptors (Lipinski definition) is 5. The molecule has 0 aliphatic carbocycles. The SMILES string of the molecule is c1ccc2c(-c3ccc(N(c4ccc(-c5nc6c(ccc7oc8ccccc8c76)o5)cc4)c4ccc5oc6ccccc6c5c4)cc3)cccc2c1. The zero-order valence-corrected chi connectivity index (χ0v) is 27.8. The number of oxazole rings is 1. The van der Waals surface area contributed by atoms with Gasteiger partial charge in [0.25, 0.3) is 0 Å². The molecule has 8 aromatic carbocycles. The van der Waals surface area contributed by atoms with Crippen molar-refractivity contribution in [1.82, 2.24) is 4.98 Å². The topological polar surface area (TPSA) is 55.6 Å². The van der Waals surface area contributed by atoms with Crippen LogP contribution in [-0.2, 0) is 0 Å². The van der Waals surface area contributed by atoms with Crippen LogP contribution in [0.15, 0.2) is 183 Å². The predicted molar refractivity (Wildman–Crippen MR) is 212 cm³/mol. The van der Waals surface area contributed by atoms with Crippen molar-refractivity contribution in [1.29, 1.82) is 0 Å². The van der Waals surface area contributed by atoms with Gasteiger partial charge in [-0.25, -0.2) is 4.98 Å². The number of furan rings is 2. The lowest BCUT2D eigenvalue weighted by Crippen LogP contribution is -2.09. The highest BCUT2D eigenvalue weighted by atomic mass is 16.4. The summed E-state index contributed by atoms with van der Waals surface area (Å²) in [5.41, 5.74) is 11.3. The van der Waals surface area contributed by atoms with E-state index in [1.807, 2.05) is 42.5 Å². The van der Waals surface area contributed by atoms with Gasteiger partial charge in [-0.1, -0.05) is 91.0 Å². The fourth-order valence-corrected chi connectivity index (χ4v) is 7.65. The van der Waals surface area contributed by atoms with Crippen LogP contribution in [0.4, 0.5) is 17.1 Å². The highest BCUT2D eigenvalue weighted by molar-refractivity contribution is 6.16. The van der Waals surface area contributed by atoms with Gasteiger partial charge >= 0.3 is 0 Å². The van der Waals surface area contributed by atoms with Crippen molar-refractivity contribution in [2.24, 2.45) is 0 Å². The number of nitrogens with zero attached hydrogens (tertiary/aromatic N) is 2. The molecule has 52 heavy (non-hydrogen) atoms. The monoisotopic (exact) mass is 668 g/mol. The number of aromatic nitrogens is 1. The van der Waals surface area contributed by atoms with Crippen LogP contribution < -0.4 is 4.90 Å². The Morgan fingerprint density at radius 1 is 0.385 bits per heavy atom. The quantitative estimate of drug-likeness (QED) is 0.183. The van der Waals surface area contributed by atoms with E-state index in [9.17, 15) is 0 Å². The minimum absolute atomic E-state index is 0.566. The largest absolute Gasteiger partial charge is 0.456 e. The number of rotatable bonds is 5. The molecule has 0 fully saturated rings. The highest BCUT2D eigenvalue weighted by Crippen LogP contribution is 2.41. The van der Waals surface area contributed by atoms with Crippen LogP contribution in [0.1, 0.15) is 0 Å². The van der Waals surface area contributed by atoms with E-state index in [0.29, 0.717) is 5.89 Å². The minimum Gasteiger partial charge on any atom is -0.456 e.